The van der Waals surface area contributed by atoms with Gasteiger partial charge in [-0.3, -0.25) is 9.69 Å². The van der Waals surface area contributed by atoms with E-state index in [1.165, 1.54) is 12.8 Å². The van der Waals surface area contributed by atoms with Crippen LogP contribution >= 0.6 is 0 Å². The number of carbonyl (C=O) groups is 1. The fourth-order valence-electron chi connectivity index (χ4n) is 3.90. The average molecular weight is 343 g/mol. The maximum atomic E-state index is 12.5. The van der Waals surface area contributed by atoms with Crippen molar-refractivity contribution < 1.29 is 4.79 Å². The Bertz CT molecular complexity index is 744. The molecule has 0 saturated heterocycles. The van der Waals surface area contributed by atoms with Crippen molar-refractivity contribution in [3.63, 3.8) is 0 Å². The minimum atomic E-state index is 0.00317. The second-order valence-electron chi connectivity index (χ2n) is 6.90. The lowest BCUT2D eigenvalue weighted by Crippen LogP contribution is -2.39. The zero-order valence-electron chi connectivity index (χ0n) is 14.7. The van der Waals surface area contributed by atoms with Gasteiger partial charge in [-0.2, -0.15) is 5.10 Å². The van der Waals surface area contributed by atoms with Crippen LogP contribution < -0.4 is 5.32 Å². The van der Waals surface area contributed by atoms with Crippen LogP contribution in [0.3, 0.4) is 0 Å². The summed E-state index contributed by atoms with van der Waals surface area (Å²) in [5, 5.41) is 15.9. The van der Waals surface area contributed by atoms with Gasteiger partial charge in [0.1, 0.15) is 17.5 Å². The van der Waals surface area contributed by atoms with Crippen molar-refractivity contribution in [1.82, 2.24) is 29.4 Å². The molecule has 0 aromatic carbocycles. The predicted molar refractivity (Wildman–Crippen MR) is 93.0 cm³/mol. The minimum absolute atomic E-state index is 0.00317. The Morgan fingerprint density at radius 1 is 1.28 bits per heavy atom. The molecule has 1 N–H and O–H groups in total. The number of carbonyl (C=O) groups excluding carboxylic acids is 1. The van der Waals surface area contributed by atoms with Crippen molar-refractivity contribution in [3.05, 3.63) is 23.9 Å². The van der Waals surface area contributed by atoms with Gasteiger partial charge in [-0.05, 0) is 12.8 Å². The van der Waals surface area contributed by atoms with Gasteiger partial charge in [0.2, 0.25) is 5.91 Å². The fraction of sp³-hybridized carbons (Fsp3) is 0.647. The number of nitrogens with one attached hydrogen (secondary N) is 1. The zero-order valence-corrected chi connectivity index (χ0v) is 14.7. The third kappa shape index (κ3) is 3.30. The second-order valence-corrected chi connectivity index (χ2v) is 6.90. The van der Waals surface area contributed by atoms with Crippen LogP contribution in [0.1, 0.15) is 50.3 Å². The predicted octanol–water partition coefficient (Wildman–Crippen LogP) is 1.61. The smallest absolute Gasteiger partial charge is 0.239 e. The monoisotopic (exact) mass is 343 g/mol. The molecule has 1 aliphatic carbocycles. The second kappa shape index (κ2) is 6.95. The molecule has 1 saturated carbocycles. The van der Waals surface area contributed by atoms with Crippen molar-refractivity contribution in [2.24, 2.45) is 0 Å². The molecule has 1 aliphatic heterocycles. The number of aromatic nitrogens is 5. The van der Waals surface area contributed by atoms with E-state index in [9.17, 15) is 4.79 Å². The molecule has 4 rings (SSSR count). The molecule has 0 atom stereocenters. The van der Waals surface area contributed by atoms with Gasteiger partial charge in [-0.25, -0.2) is 4.68 Å². The Balaban J connectivity index is 1.36. The van der Waals surface area contributed by atoms with E-state index in [-0.39, 0.29) is 5.91 Å². The topological polar surface area (TPSA) is 80.9 Å². The Morgan fingerprint density at radius 2 is 2.12 bits per heavy atom. The molecule has 8 heteroatoms. The highest BCUT2D eigenvalue weighted by Gasteiger charge is 2.24. The summed E-state index contributed by atoms with van der Waals surface area (Å²) in [6.07, 6.45) is 7.43. The van der Waals surface area contributed by atoms with Crippen LogP contribution in [0.2, 0.25) is 0 Å². The lowest BCUT2D eigenvalue weighted by molar-refractivity contribution is -0.117. The lowest BCUT2D eigenvalue weighted by atomic mass is 10.2. The summed E-state index contributed by atoms with van der Waals surface area (Å²) in [7, 11) is 0. The zero-order chi connectivity index (χ0) is 17.2. The van der Waals surface area contributed by atoms with E-state index in [0.717, 1.165) is 49.8 Å². The van der Waals surface area contributed by atoms with Crippen LogP contribution in [0.5, 0.6) is 0 Å². The highest BCUT2D eigenvalue weighted by Crippen LogP contribution is 2.31. The summed E-state index contributed by atoms with van der Waals surface area (Å²) < 4.78 is 4.15. The fourth-order valence-corrected chi connectivity index (χ4v) is 3.90. The molecule has 25 heavy (non-hydrogen) atoms. The van der Waals surface area contributed by atoms with E-state index in [1.807, 2.05) is 10.7 Å². The highest BCUT2D eigenvalue weighted by molar-refractivity contribution is 5.91. The number of amides is 1. The van der Waals surface area contributed by atoms with Crippen LogP contribution in [0, 0.1) is 0 Å². The number of hydrogen-bond acceptors (Lipinski definition) is 5. The quantitative estimate of drug-likeness (QED) is 0.892. The maximum Gasteiger partial charge on any atom is 0.239 e. The van der Waals surface area contributed by atoms with E-state index in [0.29, 0.717) is 19.1 Å². The third-order valence-electron chi connectivity index (χ3n) is 5.20. The molecule has 2 aromatic heterocycles. The number of rotatable bonds is 5. The first kappa shape index (κ1) is 16.3. The van der Waals surface area contributed by atoms with Gasteiger partial charge in [-0.15, -0.1) is 10.2 Å². The average Bonchev–Trinajstić information content (AvgIpc) is 3.34. The lowest BCUT2D eigenvalue weighted by Gasteiger charge is -2.27. The molecule has 3 heterocycles. The first-order valence-corrected chi connectivity index (χ1v) is 9.21. The first-order chi connectivity index (χ1) is 12.2. The van der Waals surface area contributed by atoms with Gasteiger partial charge in [0.05, 0.1) is 25.3 Å². The van der Waals surface area contributed by atoms with Crippen molar-refractivity contribution in [3.8, 4) is 0 Å². The van der Waals surface area contributed by atoms with Crippen LogP contribution in [0.4, 0.5) is 5.82 Å². The largest absolute Gasteiger partial charge is 0.313 e. The Hall–Kier alpha value is -2.22. The Labute approximate surface area is 147 Å². The maximum absolute atomic E-state index is 12.5. The summed E-state index contributed by atoms with van der Waals surface area (Å²) in [4.78, 5) is 14.6. The van der Waals surface area contributed by atoms with Crippen LogP contribution in [-0.2, 0) is 24.3 Å². The molecule has 1 amide bonds. The number of hydrogen-bond donors (Lipinski definition) is 1. The van der Waals surface area contributed by atoms with E-state index < -0.39 is 0 Å². The van der Waals surface area contributed by atoms with E-state index in [4.69, 9.17) is 0 Å². The normalized spacial score (nSPS) is 18.4. The molecular weight excluding hydrogens is 318 g/mol. The summed E-state index contributed by atoms with van der Waals surface area (Å²) in [6, 6.07) is 2.31. The molecule has 2 aliphatic rings. The minimum Gasteiger partial charge on any atom is -0.313 e. The van der Waals surface area contributed by atoms with Crippen molar-refractivity contribution in [1.29, 1.82) is 0 Å². The van der Waals surface area contributed by atoms with Gasteiger partial charge < -0.3 is 9.88 Å². The summed E-state index contributed by atoms with van der Waals surface area (Å²) in [5.74, 6) is 2.79. The number of nitrogens with zero attached hydrogens (tertiary/aromatic N) is 6. The van der Waals surface area contributed by atoms with Gasteiger partial charge in [0.15, 0.2) is 0 Å². The number of fused-ring (bicyclic) bond motifs is 1. The number of anilines is 1. The van der Waals surface area contributed by atoms with Gasteiger partial charge >= 0.3 is 0 Å². The highest BCUT2D eigenvalue weighted by atomic mass is 16.2. The third-order valence-corrected chi connectivity index (χ3v) is 5.20. The standard InChI is InChI=1S/C17H25N7O/c1-2-14-20-21-16-11-22(9-10-23(14)16)12-17(25)19-15-7-8-18-24(15)13-5-3-4-6-13/h7-8,13H,2-6,9-12H2,1H3,(H,19,25). The molecule has 0 bridgehead atoms. The van der Waals surface area contributed by atoms with Gasteiger partial charge in [-0.1, -0.05) is 19.8 Å². The van der Waals surface area contributed by atoms with Crippen molar-refractivity contribution in [2.75, 3.05) is 18.4 Å². The molecule has 0 radical (unpaired) electrons. The molecular formula is C17H25N7O. The van der Waals surface area contributed by atoms with Crippen LogP contribution in [0.15, 0.2) is 12.3 Å². The van der Waals surface area contributed by atoms with E-state index in [1.54, 1.807) is 6.20 Å². The van der Waals surface area contributed by atoms with Crippen LogP contribution in [0.25, 0.3) is 0 Å². The number of aryl methyl sites for hydroxylation is 1. The Morgan fingerprint density at radius 3 is 2.92 bits per heavy atom. The SMILES string of the molecule is CCc1nnc2n1CCN(CC(=O)Nc1ccnn1C1CCCC1)C2. The van der Waals surface area contributed by atoms with E-state index >= 15 is 0 Å². The summed E-state index contributed by atoms with van der Waals surface area (Å²) >= 11 is 0. The molecule has 1 fully saturated rings. The van der Waals surface area contributed by atoms with Gasteiger partial charge in [0, 0.05) is 25.6 Å². The molecule has 134 valence electrons. The Kier molecular flexibility index (Phi) is 4.52. The van der Waals surface area contributed by atoms with Gasteiger partial charge in [0.25, 0.3) is 0 Å². The molecule has 8 nitrogen and oxygen atoms in total. The van der Waals surface area contributed by atoms with Crippen molar-refractivity contribution >= 4 is 11.7 Å². The molecule has 0 spiro atoms. The van der Waals surface area contributed by atoms with Crippen molar-refractivity contribution in [2.45, 2.75) is 58.2 Å². The first-order valence-electron chi connectivity index (χ1n) is 9.21. The van der Waals surface area contributed by atoms with Crippen LogP contribution in [-0.4, -0.2) is 48.4 Å². The summed E-state index contributed by atoms with van der Waals surface area (Å²) in [5.41, 5.74) is 0. The molecule has 0 unspecified atom stereocenters. The van der Waals surface area contributed by atoms with E-state index in [2.05, 4.69) is 37.0 Å². The summed E-state index contributed by atoms with van der Waals surface area (Å²) in [6.45, 7) is 4.81. The molecule has 2 aromatic rings.